The van der Waals surface area contributed by atoms with Gasteiger partial charge in [-0.1, -0.05) is 35.9 Å². The van der Waals surface area contributed by atoms with Gasteiger partial charge in [0.1, 0.15) is 11.5 Å². The standard InChI is InChI=1S/C13H11ClO/c14-11-7-9-13(10-8-11)15-12-5-3-1-2-4-6-12/h1-5,7-10H,6H2. The number of hydrogen-bond donors (Lipinski definition) is 0. The van der Waals surface area contributed by atoms with E-state index < -0.39 is 0 Å². The van der Waals surface area contributed by atoms with Crippen LogP contribution in [0.15, 0.2) is 60.4 Å². The molecule has 15 heavy (non-hydrogen) atoms. The molecule has 0 N–H and O–H groups in total. The summed E-state index contributed by atoms with van der Waals surface area (Å²) in [5.41, 5.74) is 0. The lowest BCUT2D eigenvalue weighted by molar-refractivity contribution is 0.416. The number of allylic oxidation sites excluding steroid dienone is 5. The Kier molecular flexibility index (Phi) is 3.25. The van der Waals surface area contributed by atoms with E-state index in [0.717, 1.165) is 23.0 Å². The second kappa shape index (κ2) is 4.85. The molecule has 0 aromatic heterocycles. The smallest absolute Gasteiger partial charge is 0.127 e. The maximum Gasteiger partial charge on any atom is 0.127 e. The zero-order chi connectivity index (χ0) is 10.5. The molecule has 0 atom stereocenters. The van der Waals surface area contributed by atoms with E-state index in [2.05, 4.69) is 6.08 Å². The van der Waals surface area contributed by atoms with Crippen LogP contribution in [0.2, 0.25) is 5.02 Å². The highest BCUT2D eigenvalue weighted by Gasteiger charge is 1.99. The summed E-state index contributed by atoms with van der Waals surface area (Å²) in [6.07, 6.45) is 10.8. The maximum absolute atomic E-state index is 5.79. The Morgan fingerprint density at radius 3 is 2.60 bits per heavy atom. The van der Waals surface area contributed by atoms with Gasteiger partial charge in [0.25, 0.3) is 0 Å². The largest absolute Gasteiger partial charge is 0.461 e. The first-order valence-electron chi connectivity index (χ1n) is 4.80. The van der Waals surface area contributed by atoms with E-state index in [4.69, 9.17) is 16.3 Å². The van der Waals surface area contributed by atoms with Crippen molar-refractivity contribution in [2.45, 2.75) is 6.42 Å². The van der Waals surface area contributed by atoms with Gasteiger partial charge in [0.2, 0.25) is 0 Å². The normalized spacial score (nSPS) is 14.6. The Balaban J connectivity index is 2.08. The van der Waals surface area contributed by atoms with Gasteiger partial charge in [-0.2, -0.15) is 0 Å². The first-order valence-corrected chi connectivity index (χ1v) is 5.18. The molecular formula is C13H11ClO. The monoisotopic (exact) mass is 218 g/mol. The minimum atomic E-state index is 0.719. The van der Waals surface area contributed by atoms with Gasteiger partial charge in [0, 0.05) is 11.4 Å². The SMILES string of the molecule is Clc1ccc(OC2=CC=CC=CC2)cc1. The van der Waals surface area contributed by atoms with Crippen molar-refractivity contribution < 1.29 is 4.74 Å². The minimum Gasteiger partial charge on any atom is -0.461 e. The van der Waals surface area contributed by atoms with Crippen LogP contribution in [-0.4, -0.2) is 0 Å². The molecule has 0 heterocycles. The van der Waals surface area contributed by atoms with E-state index in [-0.39, 0.29) is 0 Å². The molecule has 0 saturated heterocycles. The summed E-state index contributed by atoms with van der Waals surface area (Å²) in [6, 6.07) is 7.36. The molecule has 2 rings (SSSR count). The minimum absolute atomic E-state index is 0.719. The number of rotatable bonds is 2. The molecule has 0 radical (unpaired) electrons. The highest BCUT2D eigenvalue weighted by molar-refractivity contribution is 6.30. The molecule has 0 spiro atoms. The van der Waals surface area contributed by atoms with Crippen LogP contribution in [0, 0.1) is 0 Å². The third-order valence-electron chi connectivity index (χ3n) is 2.02. The Hall–Kier alpha value is -1.47. The molecule has 0 unspecified atom stereocenters. The number of ether oxygens (including phenoxy) is 1. The highest BCUT2D eigenvalue weighted by atomic mass is 35.5. The summed E-state index contributed by atoms with van der Waals surface area (Å²) in [7, 11) is 0. The van der Waals surface area contributed by atoms with Crippen molar-refractivity contribution >= 4 is 11.6 Å². The molecule has 1 aliphatic rings. The lowest BCUT2D eigenvalue weighted by atomic mass is 10.3. The molecule has 0 amide bonds. The fourth-order valence-corrected chi connectivity index (χ4v) is 1.41. The Morgan fingerprint density at radius 1 is 1.00 bits per heavy atom. The summed E-state index contributed by atoms with van der Waals surface area (Å²) < 4.78 is 5.69. The molecular weight excluding hydrogens is 208 g/mol. The van der Waals surface area contributed by atoms with Crippen molar-refractivity contribution in [1.29, 1.82) is 0 Å². The molecule has 0 bridgehead atoms. The highest BCUT2D eigenvalue weighted by Crippen LogP contribution is 2.19. The van der Waals surface area contributed by atoms with Crippen LogP contribution in [0.4, 0.5) is 0 Å². The molecule has 0 saturated carbocycles. The molecule has 0 aliphatic heterocycles. The fourth-order valence-electron chi connectivity index (χ4n) is 1.29. The Labute approximate surface area is 94.3 Å². The van der Waals surface area contributed by atoms with Crippen molar-refractivity contribution in [2.75, 3.05) is 0 Å². The molecule has 1 aromatic carbocycles. The van der Waals surface area contributed by atoms with Gasteiger partial charge in [0.15, 0.2) is 0 Å². The van der Waals surface area contributed by atoms with Gasteiger partial charge in [-0.15, -0.1) is 0 Å². The molecule has 0 fully saturated rings. The van der Waals surface area contributed by atoms with Crippen LogP contribution >= 0.6 is 11.6 Å². The molecule has 76 valence electrons. The van der Waals surface area contributed by atoms with E-state index in [0.29, 0.717) is 0 Å². The average Bonchev–Trinajstić information content (AvgIpc) is 2.50. The number of halogens is 1. The lowest BCUT2D eigenvalue weighted by Gasteiger charge is -2.07. The van der Waals surface area contributed by atoms with E-state index in [9.17, 15) is 0 Å². The van der Waals surface area contributed by atoms with Crippen molar-refractivity contribution in [2.24, 2.45) is 0 Å². The third-order valence-corrected chi connectivity index (χ3v) is 2.27. The van der Waals surface area contributed by atoms with Gasteiger partial charge >= 0.3 is 0 Å². The first kappa shape index (κ1) is 10.1. The van der Waals surface area contributed by atoms with E-state index >= 15 is 0 Å². The van der Waals surface area contributed by atoms with Gasteiger partial charge in [-0.3, -0.25) is 0 Å². The zero-order valence-corrected chi connectivity index (χ0v) is 8.95. The zero-order valence-electron chi connectivity index (χ0n) is 8.19. The molecule has 1 aromatic rings. The van der Waals surface area contributed by atoms with Gasteiger partial charge in [0.05, 0.1) is 0 Å². The predicted octanol–water partition coefficient (Wildman–Crippen LogP) is 4.12. The quantitative estimate of drug-likeness (QED) is 0.726. The third kappa shape index (κ3) is 3.00. The van der Waals surface area contributed by atoms with Gasteiger partial charge < -0.3 is 4.74 Å². The van der Waals surface area contributed by atoms with Crippen molar-refractivity contribution in [1.82, 2.24) is 0 Å². The van der Waals surface area contributed by atoms with Crippen molar-refractivity contribution in [3.05, 3.63) is 65.4 Å². The lowest BCUT2D eigenvalue weighted by Crippen LogP contribution is -1.93. The van der Waals surface area contributed by atoms with Crippen molar-refractivity contribution in [3.8, 4) is 5.75 Å². The van der Waals surface area contributed by atoms with Crippen LogP contribution in [0.1, 0.15) is 6.42 Å². The second-order valence-corrected chi connectivity index (χ2v) is 3.64. The van der Waals surface area contributed by atoms with E-state index in [1.54, 1.807) is 0 Å². The number of benzene rings is 1. The maximum atomic E-state index is 5.79. The summed E-state index contributed by atoms with van der Waals surface area (Å²) in [5, 5.41) is 0.719. The van der Waals surface area contributed by atoms with Gasteiger partial charge in [-0.25, -0.2) is 0 Å². The average molecular weight is 219 g/mol. The van der Waals surface area contributed by atoms with Crippen LogP contribution in [0.25, 0.3) is 0 Å². The first-order chi connectivity index (χ1) is 7.34. The molecule has 1 nitrogen and oxygen atoms in total. The van der Waals surface area contributed by atoms with Crippen molar-refractivity contribution in [3.63, 3.8) is 0 Å². The second-order valence-electron chi connectivity index (χ2n) is 3.21. The van der Waals surface area contributed by atoms with Gasteiger partial charge in [-0.05, 0) is 30.3 Å². The fraction of sp³-hybridized carbons (Fsp3) is 0.0769. The summed E-state index contributed by atoms with van der Waals surface area (Å²) >= 11 is 5.79. The summed E-state index contributed by atoms with van der Waals surface area (Å²) in [5.74, 6) is 1.75. The van der Waals surface area contributed by atoms with E-state index in [1.807, 2.05) is 48.6 Å². The molecule has 2 heteroatoms. The van der Waals surface area contributed by atoms with Crippen LogP contribution in [0.3, 0.4) is 0 Å². The van der Waals surface area contributed by atoms with Crippen LogP contribution in [-0.2, 0) is 0 Å². The number of hydrogen-bond acceptors (Lipinski definition) is 1. The summed E-state index contributed by atoms with van der Waals surface area (Å²) in [6.45, 7) is 0. The predicted molar refractivity (Wildman–Crippen MR) is 63.1 cm³/mol. The summed E-state index contributed by atoms with van der Waals surface area (Å²) in [4.78, 5) is 0. The molecule has 1 aliphatic carbocycles. The van der Waals surface area contributed by atoms with E-state index in [1.165, 1.54) is 0 Å². The Bertz CT molecular complexity index is 413. The van der Waals surface area contributed by atoms with Crippen LogP contribution < -0.4 is 4.74 Å². The van der Waals surface area contributed by atoms with Crippen LogP contribution in [0.5, 0.6) is 5.75 Å². The Morgan fingerprint density at radius 2 is 1.80 bits per heavy atom. The topological polar surface area (TPSA) is 9.23 Å².